The molecule has 0 saturated carbocycles. The van der Waals surface area contributed by atoms with Gasteiger partial charge in [-0.25, -0.2) is 4.98 Å². The molecule has 3 aromatic rings. The lowest BCUT2D eigenvalue weighted by Crippen LogP contribution is -2.14. The lowest BCUT2D eigenvalue weighted by atomic mass is 10.1. The number of pyridine rings is 2. The lowest BCUT2D eigenvalue weighted by molar-refractivity contribution is 0.597. The number of hydrogen-bond acceptors (Lipinski definition) is 4. The molecule has 106 valence electrons. The molecule has 0 atom stereocenters. The van der Waals surface area contributed by atoms with E-state index in [2.05, 4.69) is 14.7 Å². The first-order chi connectivity index (χ1) is 10.1. The number of rotatable bonds is 3. The highest BCUT2D eigenvalue weighted by atomic mass is 32.2. The molecule has 5 nitrogen and oxygen atoms in total. The summed E-state index contributed by atoms with van der Waals surface area (Å²) >= 11 is 0. The SMILES string of the molecule is Cc1cc(NS(=O)(=O)c2ccccn2)c2ncccc2c1. The molecule has 3 rings (SSSR count). The minimum atomic E-state index is -3.72. The van der Waals surface area contributed by atoms with Gasteiger partial charge >= 0.3 is 0 Å². The van der Waals surface area contributed by atoms with Gasteiger partial charge in [-0.1, -0.05) is 12.1 Å². The predicted molar refractivity (Wildman–Crippen MR) is 81.5 cm³/mol. The standard InChI is InChI=1S/C15H13N3O2S/c1-11-9-12-5-4-8-17-15(12)13(10-11)18-21(19,20)14-6-2-3-7-16-14/h2-10,18H,1H3. The summed E-state index contributed by atoms with van der Waals surface area (Å²) in [5, 5.41) is 0.867. The molecule has 21 heavy (non-hydrogen) atoms. The van der Waals surface area contributed by atoms with E-state index in [9.17, 15) is 8.42 Å². The van der Waals surface area contributed by atoms with Gasteiger partial charge in [-0.05, 0) is 42.8 Å². The Labute approximate surface area is 122 Å². The fraction of sp³-hybridized carbons (Fsp3) is 0.0667. The highest BCUT2D eigenvalue weighted by Gasteiger charge is 2.17. The molecular weight excluding hydrogens is 286 g/mol. The van der Waals surface area contributed by atoms with Crippen molar-refractivity contribution < 1.29 is 8.42 Å². The van der Waals surface area contributed by atoms with Crippen molar-refractivity contribution in [1.29, 1.82) is 0 Å². The molecule has 2 aromatic heterocycles. The molecule has 0 saturated heterocycles. The quantitative estimate of drug-likeness (QED) is 0.807. The van der Waals surface area contributed by atoms with Crippen LogP contribution in [0.15, 0.2) is 59.9 Å². The summed E-state index contributed by atoms with van der Waals surface area (Å²) in [4.78, 5) is 8.13. The summed E-state index contributed by atoms with van der Waals surface area (Å²) in [5.74, 6) is 0. The zero-order chi connectivity index (χ0) is 14.9. The second-order valence-electron chi connectivity index (χ2n) is 4.66. The Morgan fingerprint density at radius 3 is 2.57 bits per heavy atom. The maximum Gasteiger partial charge on any atom is 0.279 e. The van der Waals surface area contributed by atoms with Gasteiger partial charge < -0.3 is 0 Å². The van der Waals surface area contributed by atoms with E-state index in [1.807, 2.05) is 25.1 Å². The largest absolute Gasteiger partial charge is 0.279 e. The van der Waals surface area contributed by atoms with Gasteiger partial charge in [-0.15, -0.1) is 0 Å². The van der Waals surface area contributed by atoms with Gasteiger partial charge in [0.2, 0.25) is 0 Å². The van der Waals surface area contributed by atoms with Crippen LogP contribution < -0.4 is 4.72 Å². The van der Waals surface area contributed by atoms with E-state index in [1.165, 1.54) is 12.3 Å². The highest BCUT2D eigenvalue weighted by Crippen LogP contribution is 2.25. The highest BCUT2D eigenvalue weighted by molar-refractivity contribution is 7.92. The van der Waals surface area contributed by atoms with Crippen molar-refractivity contribution in [2.75, 3.05) is 4.72 Å². The third kappa shape index (κ3) is 2.71. The lowest BCUT2D eigenvalue weighted by Gasteiger charge is -2.10. The molecule has 0 bridgehead atoms. The van der Waals surface area contributed by atoms with E-state index in [-0.39, 0.29) is 5.03 Å². The van der Waals surface area contributed by atoms with E-state index in [1.54, 1.807) is 24.4 Å². The second kappa shape index (κ2) is 5.14. The first-order valence-electron chi connectivity index (χ1n) is 6.35. The summed E-state index contributed by atoms with van der Waals surface area (Å²) < 4.78 is 27.3. The van der Waals surface area contributed by atoms with Gasteiger partial charge in [0.15, 0.2) is 5.03 Å². The van der Waals surface area contributed by atoms with Crippen LogP contribution in [0.4, 0.5) is 5.69 Å². The average Bonchev–Trinajstić information content (AvgIpc) is 2.47. The van der Waals surface area contributed by atoms with Crippen molar-refractivity contribution in [3.8, 4) is 0 Å². The third-order valence-electron chi connectivity index (χ3n) is 3.01. The molecular formula is C15H13N3O2S. The van der Waals surface area contributed by atoms with Crippen molar-refractivity contribution in [2.24, 2.45) is 0 Å². The topological polar surface area (TPSA) is 72.0 Å². The van der Waals surface area contributed by atoms with Crippen LogP contribution in [0.2, 0.25) is 0 Å². The number of nitrogens with zero attached hydrogens (tertiary/aromatic N) is 2. The van der Waals surface area contributed by atoms with Gasteiger partial charge in [-0.2, -0.15) is 8.42 Å². The van der Waals surface area contributed by atoms with Gasteiger partial charge in [0.05, 0.1) is 11.2 Å². The first-order valence-corrected chi connectivity index (χ1v) is 7.84. The number of nitrogens with one attached hydrogen (secondary N) is 1. The Kier molecular flexibility index (Phi) is 3.31. The van der Waals surface area contributed by atoms with Gasteiger partial charge in [0.25, 0.3) is 10.0 Å². The summed E-state index contributed by atoms with van der Waals surface area (Å²) in [5.41, 5.74) is 2.02. The maximum atomic E-state index is 12.4. The van der Waals surface area contributed by atoms with E-state index < -0.39 is 10.0 Å². The van der Waals surface area contributed by atoms with Crippen molar-refractivity contribution in [3.05, 3.63) is 60.4 Å². The fourth-order valence-electron chi connectivity index (χ4n) is 2.12. The van der Waals surface area contributed by atoms with E-state index in [0.717, 1.165) is 10.9 Å². The Bertz CT molecular complexity index is 893. The van der Waals surface area contributed by atoms with Gasteiger partial charge in [-0.3, -0.25) is 9.71 Å². The van der Waals surface area contributed by atoms with Crippen molar-refractivity contribution in [3.63, 3.8) is 0 Å². The van der Waals surface area contributed by atoms with Gasteiger partial charge in [0.1, 0.15) is 0 Å². The normalized spacial score (nSPS) is 11.5. The minimum Gasteiger partial charge on any atom is -0.276 e. The van der Waals surface area contributed by atoms with Crippen LogP contribution in [0.25, 0.3) is 10.9 Å². The second-order valence-corrected chi connectivity index (χ2v) is 6.29. The molecule has 0 aliphatic heterocycles. The number of fused-ring (bicyclic) bond motifs is 1. The molecule has 0 radical (unpaired) electrons. The molecule has 6 heteroatoms. The smallest absolute Gasteiger partial charge is 0.276 e. The van der Waals surface area contributed by atoms with Crippen LogP contribution in [-0.2, 0) is 10.0 Å². The fourth-order valence-corrected chi connectivity index (χ4v) is 3.13. The number of benzene rings is 1. The summed E-state index contributed by atoms with van der Waals surface area (Å²) in [6.07, 6.45) is 3.08. The van der Waals surface area contributed by atoms with Crippen molar-refractivity contribution >= 4 is 26.6 Å². The Morgan fingerprint density at radius 1 is 1.00 bits per heavy atom. The molecule has 0 fully saturated rings. The zero-order valence-electron chi connectivity index (χ0n) is 11.3. The third-order valence-corrected chi connectivity index (χ3v) is 4.29. The zero-order valence-corrected chi connectivity index (χ0v) is 12.1. The van der Waals surface area contributed by atoms with Crippen LogP contribution in [0, 0.1) is 6.92 Å². The maximum absolute atomic E-state index is 12.4. The number of sulfonamides is 1. The molecule has 2 heterocycles. The van der Waals surface area contributed by atoms with Crippen molar-refractivity contribution in [1.82, 2.24) is 9.97 Å². The molecule has 0 amide bonds. The number of aryl methyl sites for hydroxylation is 1. The molecule has 0 unspecified atom stereocenters. The van der Waals surface area contributed by atoms with E-state index >= 15 is 0 Å². The minimum absolute atomic E-state index is 0.0180. The monoisotopic (exact) mass is 299 g/mol. The van der Waals surface area contributed by atoms with E-state index in [0.29, 0.717) is 11.2 Å². The van der Waals surface area contributed by atoms with Crippen LogP contribution >= 0.6 is 0 Å². The van der Waals surface area contributed by atoms with Crippen LogP contribution in [0.1, 0.15) is 5.56 Å². The van der Waals surface area contributed by atoms with Crippen LogP contribution in [-0.4, -0.2) is 18.4 Å². The number of aromatic nitrogens is 2. The molecule has 0 aliphatic carbocycles. The number of anilines is 1. The summed E-state index contributed by atoms with van der Waals surface area (Å²) in [6.45, 7) is 1.91. The average molecular weight is 299 g/mol. The summed E-state index contributed by atoms with van der Waals surface area (Å²) in [7, 11) is -3.72. The molecule has 1 N–H and O–H groups in total. The predicted octanol–water partition coefficient (Wildman–Crippen LogP) is 2.74. The Hall–Kier alpha value is -2.47. The molecule has 0 spiro atoms. The van der Waals surface area contributed by atoms with E-state index in [4.69, 9.17) is 0 Å². The van der Waals surface area contributed by atoms with Crippen LogP contribution in [0.5, 0.6) is 0 Å². The molecule has 1 aromatic carbocycles. The molecule has 0 aliphatic rings. The Morgan fingerprint density at radius 2 is 1.81 bits per heavy atom. The summed E-state index contributed by atoms with van der Waals surface area (Å²) in [6, 6.07) is 12.2. The Balaban J connectivity index is 2.10. The van der Waals surface area contributed by atoms with Gasteiger partial charge in [0, 0.05) is 17.8 Å². The first kappa shape index (κ1) is 13.5. The van der Waals surface area contributed by atoms with Crippen molar-refractivity contribution in [2.45, 2.75) is 11.9 Å². The van der Waals surface area contributed by atoms with Crippen LogP contribution in [0.3, 0.4) is 0 Å². The number of hydrogen-bond donors (Lipinski definition) is 1.